The molecule has 32 heavy (non-hydrogen) atoms. The number of para-hydroxylation sites is 1. The minimum absolute atomic E-state index is 0.0403. The topological polar surface area (TPSA) is 52.7 Å². The molecule has 1 aromatic carbocycles. The maximum absolute atomic E-state index is 13.2. The Labute approximate surface area is 196 Å². The molecule has 0 aliphatic carbocycles. The predicted octanol–water partition coefficient (Wildman–Crippen LogP) is 4.63. The van der Waals surface area contributed by atoms with Gasteiger partial charge in [0.05, 0.1) is 12.6 Å². The Morgan fingerprint density at radius 1 is 0.938 bits per heavy atom. The third-order valence-corrected chi connectivity index (χ3v) is 8.40. The van der Waals surface area contributed by atoms with Gasteiger partial charge < -0.3 is 10.2 Å². The Morgan fingerprint density at radius 3 is 2.50 bits per heavy atom. The molecular weight excluding hydrogens is 438 g/mol. The van der Waals surface area contributed by atoms with Crippen LogP contribution in [0.5, 0.6) is 0 Å². The van der Waals surface area contributed by atoms with Gasteiger partial charge in [-0.05, 0) is 59.9 Å². The lowest BCUT2D eigenvalue weighted by molar-refractivity contribution is -0.136. The number of piperidine rings is 1. The van der Waals surface area contributed by atoms with Crippen LogP contribution in [0.15, 0.2) is 59.3 Å². The first-order chi connectivity index (χ1) is 15.7. The zero-order chi connectivity index (χ0) is 21.9. The normalized spacial score (nSPS) is 19.5. The van der Waals surface area contributed by atoms with Gasteiger partial charge in [-0.1, -0.05) is 24.3 Å². The van der Waals surface area contributed by atoms with Crippen molar-refractivity contribution in [2.75, 3.05) is 31.5 Å². The van der Waals surface area contributed by atoms with Gasteiger partial charge in [-0.15, -0.1) is 22.7 Å². The second-order valence-electron chi connectivity index (χ2n) is 8.45. The lowest BCUT2D eigenvalue weighted by atomic mass is 9.95. The van der Waals surface area contributed by atoms with Crippen LogP contribution < -0.4 is 5.32 Å². The fourth-order valence-corrected chi connectivity index (χ4v) is 6.53. The van der Waals surface area contributed by atoms with Crippen LogP contribution in [0.1, 0.15) is 34.2 Å². The predicted molar refractivity (Wildman–Crippen MR) is 130 cm³/mol. The minimum Gasteiger partial charge on any atom is -0.342 e. The molecule has 2 amide bonds. The summed E-state index contributed by atoms with van der Waals surface area (Å²) >= 11 is 3.58. The van der Waals surface area contributed by atoms with Gasteiger partial charge in [0.25, 0.3) is 0 Å². The van der Waals surface area contributed by atoms with Crippen molar-refractivity contribution in [2.45, 2.75) is 25.3 Å². The standard InChI is InChI=1S/C25H27N3O2S2/c29-23(27-12-8-18(9-13-27)25(30)26-19-5-2-1-3-6-19)17-28-14-10-21-20(11-16-32-21)24(28)22-7-4-15-31-22/h1-7,11,15-16,18,24H,8-10,12-14,17H2,(H,26,30)/t24-/m0/s1. The minimum atomic E-state index is -0.0403. The molecule has 0 unspecified atom stereocenters. The largest absolute Gasteiger partial charge is 0.342 e. The Kier molecular flexibility index (Phi) is 6.39. The first-order valence-electron chi connectivity index (χ1n) is 11.2. The van der Waals surface area contributed by atoms with Gasteiger partial charge in [0.1, 0.15) is 0 Å². The number of anilines is 1. The summed E-state index contributed by atoms with van der Waals surface area (Å²) in [6.45, 7) is 2.62. The summed E-state index contributed by atoms with van der Waals surface area (Å²) in [6, 6.07) is 16.2. The van der Waals surface area contributed by atoms with E-state index >= 15 is 0 Å². The molecule has 2 aliphatic heterocycles. The number of nitrogens with one attached hydrogen (secondary N) is 1. The van der Waals surface area contributed by atoms with Crippen molar-refractivity contribution in [1.82, 2.24) is 9.80 Å². The fraction of sp³-hybridized carbons (Fsp3) is 0.360. The number of likely N-dealkylation sites (tertiary alicyclic amines) is 1. The highest BCUT2D eigenvalue weighted by atomic mass is 32.1. The molecule has 1 saturated heterocycles. The second-order valence-corrected chi connectivity index (χ2v) is 10.4. The summed E-state index contributed by atoms with van der Waals surface area (Å²) in [5.41, 5.74) is 2.18. The first kappa shape index (κ1) is 21.4. The van der Waals surface area contributed by atoms with Crippen molar-refractivity contribution < 1.29 is 9.59 Å². The molecule has 0 radical (unpaired) electrons. The van der Waals surface area contributed by atoms with Crippen molar-refractivity contribution in [3.63, 3.8) is 0 Å². The molecule has 7 heteroatoms. The summed E-state index contributed by atoms with van der Waals surface area (Å²) in [7, 11) is 0. The SMILES string of the molecule is O=C(Nc1ccccc1)C1CCN(C(=O)CN2CCc3sccc3[C@H]2c2cccs2)CC1. The van der Waals surface area contributed by atoms with Crippen LogP contribution >= 0.6 is 22.7 Å². The lowest BCUT2D eigenvalue weighted by Gasteiger charge is -2.37. The number of thiophene rings is 2. The van der Waals surface area contributed by atoms with E-state index in [0.717, 1.165) is 18.7 Å². The zero-order valence-electron chi connectivity index (χ0n) is 17.9. The fourth-order valence-electron chi connectivity index (χ4n) is 4.75. The Balaban J connectivity index is 1.19. The van der Waals surface area contributed by atoms with Gasteiger partial charge in [0, 0.05) is 41.0 Å². The summed E-state index contributed by atoms with van der Waals surface area (Å²) in [5, 5.41) is 7.28. The molecule has 5 rings (SSSR count). The zero-order valence-corrected chi connectivity index (χ0v) is 19.5. The maximum Gasteiger partial charge on any atom is 0.236 e. The number of benzene rings is 1. The number of hydrogen-bond acceptors (Lipinski definition) is 5. The van der Waals surface area contributed by atoms with Gasteiger partial charge in [-0.3, -0.25) is 14.5 Å². The van der Waals surface area contributed by atoms with Crippen molar-refractivity contribution in [1.29, 1.82) is 0 Å². The number of hydrogen-bond donors (Lipinski definition) is 1. The third-order valence-electron chi connectivity index (χ3n) is 6.48. The Bertz CT molecular complexity index is 1060. The highest BCUT2D eigenvalue weighted by molar-refractivity contribution is 7.10. The third kappa shape index (κ3) is 4.51. The Hall–Kier alpha value is -2.48. The van der Waals surface area contributed by atoms with Crippen LogP contribution in [0.2, 0.25) is 0 Å². The molecule has 1 atom stereocenters. The number of fused-ring (bicyclic) bond motifs is 1. The van der Waals surface area contributed by atoms with Crippen LogP contribution in [0.25, 0.3) is 0 Å². The van der Waals surface area contributed by atoms with Crippen molar-refractivity contribution in [3.05, 3.63) is 74.6 Å². The van der Waals surface area contributed by atoms with E-state index in [2.05, 4.69) is 39.2 Å². The van der Waals surface area contributed by atoms with Gasteiger partial charge in [-0.25, -0.2) is 0 Å². The van der Waals surface area contributed by atoms with E-state index in [0.29, 0.717) is 32.5 Å². The molecule has 0 saturated carbocycles. The molecule has 166 valence electrons. The maximum atomic E-state index is 13.2. The molecule has 5 nitrogen and oxygen atoms in total. The number of carbonyl (C=O) groups excluding carboxylic acids is 2. The van der Waals surface area contributed by atoms with E-state index in [1.807, 2.05) is 46.6 Å². The van der Waals surface area contributed by atoms with E-state index in [-0.39, 0.29) is 23.8 Å². The summed E-state index contributed by atoms with van der Waals surface area (Å²) in [4.78, 5) is 32.8. The van der Waals surface area contributed by atoms with Gasteiger partial charge in [-0.2, -0.15) is 0 Å². The van der Waals surface area contributed by atoms with Gasteiger partial charge in [0.2, 0.25) is 11.8 Å². The molecule has 2 aliphatic rings. The number of rotatable bonds is 5. The first-order valence-corrected chi connectivity index (χ1v) is 12.9. The molecule has 3 aromatic rings. The molecule has 1 N–H and O–H groups in total. The smallest absolute Gasteiger partial charge is 0.236 e. The molecule has 4 heterocycles. The van der Waals surface area contributed by atoms with Crippen molar-refractivity contribution in [3.8, 4) is 0 Å². The Morgan fingerprint density at radius 2 is 1.75 bits per heavy atom. The monoisotopic (exact) mass is 465 g/mol. The summed E-state index contributed by atoms with van der Waals surface area (Å²) in [5.74, 6) is 0.190. The van der Waals surface area contributed by atoms with Gasteiger partial charge in [0.15, 0.2) is 0 Å². The molecule has 0 bridgehead atoms. The highest BCUT2D eigenvalue weighted by Gasteiger charge is 2.34. The second kappa shape index (κ2) is 9.57. The van der Waals surface area contributed by atoms with E-state index in [4.69, 9.17) is 0 Å². The van der Waals surface area contributed by atoms with Gasteiger partial charge >= 0.3 is 0 Å². The van der Waals surface area contributed by atoms with E-state index in [1.54, 1.807) is 11.3 Å². The quantitative estimate of drug-likeness (QED) is 0.598. The van der Waals surface area contributed by atoms with Crippen LogP contribution in [0.3, 0.4) is 0 Å². The highest BCUT2D eigenvalue weighted by Crippen LogP contribution is 2.39. The average molecular weight is 466 g/mol. The molecule has 2 aromatic heterocycles. The summed E-state index contributed by atoms with van der Waals surface area (Å²) in [6.07, 6.45) is 2.44. The molecular formula is C25H27N3O2S2. The van der Waals surface area contributed by atoms with Crippen LogP contribution in [-0.4, -0.2) is 47.8 Å². The number of nitrogens with zero attached hydrogens (tertiary/aromatic N) is 2. The lowest BCUT2D eigenvalue weighted by Crippen LogP contribution is -2.47. The average Bonchev–Trinajstić information content (AvgIpc) is 3.52. The molecule has 1 fully saturated rings. The summed E-state index contributed by atoms with van der Waals surface area (Å²) < 4.78 is 0. The van der Waals surface area contributed by atoms with E-state index < -0.39 is 0 Å². The van der Waals surface area contributed by atoms with Crippen LogP contribution in [-0.2, 0) is 16.0 Å². The van der Waals surface area contributed by atoms with E-state index in [9.17, 15) is 9.59 Å². The number of carbonyl (C=O) groups is 2. The van der Waals surface area contributed by atoms with Crippen molar-refractivity contribution >= 4 is 40.2 Å². The number of amides is 2. The van der Waals surface area contributed by atoms with Crippen LogP contribution in [0.4, 0.5) is 5.69 Å². The van der Waals surface area contributed by atoms with Crippen molar-refractivity contribution in [2.24, 2.45) is 5.92 Å². The van der Waals surface area contributed by atoms with Crippen LogP contribution in [0, 0.1) is 5.92 Å². The van der Waals surface area contributed by atoms with E-state index in [1.165, 1.54) is 15.3 Å². The molecule has 0 spiro atoms.